The first-order chi connectivity index (χ1) is 14.7. The molecule has 1 fully saturated rings. The Hall–Kier alpha value is -3.54. The van der Waals surface area contributed by atoms with Crippen molar-refractivity contribution in [3.8, 4) is 6.07 Å². The highest BCUT2D eigenvalue weighted by Crippen LogP contribution is 2.32. The Morgan fingerprint density at radius 3 is 2.87 bits per heavy atom. The van der Waals surface area contributed by atoms with Crippen molar-refractivity contribution in [1.82, 2.24) is 14.9 Å². The Labute approximate surface area is 172 Å². The molecule has 0 aliphatic carbocycles. The van der Waals surface area contributed by atoms with Crippen LogP contribution >= 0.6 is 0 Å². The SMILES string of the molecule is N#Cc1ccc([C@@H]2COCCN2C(=O)c2ccc3nc(N)c4c(c3c2)COC4)nc1. The fraction of sp³-hybridized carbons (Fsp3) is 0.273. The van der Waals surface area contributed by atoms with E-state index in [1.807, 2.05) is 12.1 Å². The Balaban J connectivity index is 1.51. The monoisotopic (exact) mass is 401 g/mol. The van der Waals surface area contributed by atoms with Crippen molar-refractivity contribution in [3.05, 3.63) is 64.5 Å². The van der Waals surface area contributed by atoms with Crippen molar-refractivity contribution < 1.29 is 14.3 Å². The van der Waals surface area contributed by atoms with Crippen LogP contribution in [-0.2, 0) is 22.7 Å². The smallest absolute Gasteiger partial charge is 0.254 e. The van der Waals surface area contributed by atoms with Gasteiger partial charge in [0.05, 0.1) is 49.2 Å². The number of nitrogens with zero attached hydrogens (tertiary/aromatic N) is 4. The van der Waals surface area contributed by atoms with E-state index < -0.39 is 0 Å². The van der Waals surface area contributed by atoms with Crippen LogP contribution < -0.4 is 5.73 Å². The van der Waals surface area contributed by atoms with Gasteiger partial charge in [-0.2, -0.15) is 5.26 Å². The van der Waals surface area contributed by atoms with E-state index in [9.17, 15) is 4.79 Å². The van der Waals surface area contributed by atoms with Gasteiger partial charge in [-0.15, -0.1) is 0 Å². The zero-order chi connectivity index (χ0) is 20.7. The Bertz CT molecular complexity index is 1190. The maximum Gasteiger partial charge on any atom is 0.254 e. The average Bonchev–Trinajstić information content (AvgIpc) is 3.30. The Morgan fingerprint density at radius 1 is 1.20 bits per heavy atom. The number of hydrogen-bond acceptors (Lipinski definition) is 7. The first kappa shape index (κ1) is 18.5. The molecule has 8 heteroatoms. The van der Waals surface area contributed by atoms with E-state index in [2.05, 4.69) is 16.0 Å². The number of nitrogen functional groups attached to an aromatic ring is 1. The van der Waals surface area contributed by atoms with Gasteiger partial charge < -0.3 is 20.1 Å². The number of benzene rings is 1. The van der Waals surface area contributed by atoms with Crippen molar-refractivity contribution in [2.75, 3.05) is 25.5 Å². The third-order valence-electron chi connectivity index (χ3n) is 5.62. The second-order valence-corrected chi connectivity index (χ2v) is 7.35. The van der Waals surface area contributed by atoms with E-state index in [1.165, 1.54) is 6.20 Å². The largest absolute Gasteiger partial charge is 0.383 e. The molecule has 1 aromatic carbocycles. The van der Waals surface area contributed by atoms with Crippen molar-refractivity contribution in [1.29, 1.82) is 5.26 Å². The lowest BCUT2D eigenvalue weighted by molar-refractivity contribution is -0.00389. The number of carbonyl (C=O) groups excluding carboxylic acids is 1. The van der Waals surface area contributed by atoms with Crippen LogP contribution in [0.5, 0.6) is 0 Å². The molecule has 8 nitrogen and oxygen atoms in total. The van der Waals surface area contributed by atoms with Crippen LogP contribution in [0.15, 0.2) is 36.5 Å². The van der Waals surface area contributed by atoms with E-state index in [4.69, 9.17) is 20.5 Å². The van der Waals surface area contributed by atoms with Gasteiger partial charge in [0.25, 0.3) is 5.91 Å². The molecule has 0 radical (unpaired) electrons. The number of pyridine rings is 2. The van der Waals surface area contributed by atoms with Crippen LogP contribution in [0.25, 0.3) is 10.9 Å². The standard InChI is InChI=1S/C22H19N5O3/c23-8-13-1-3-19(25-9-13)20-12-29-6-5-27(20)22(28)14-2-4-18-15(7-14)16-10-30-11-17(16)21(24)26-18/h1-4,7,9,20H,5-6,10-12H2,(H2,24,26)/t20-/m0/s1. The van der Waals surface area contributed by atoms with Crippen LogP contribution in [0, 0.1) is 11.3 Å². The number of morpholine rings is 1. The van der Waals surface area contributed by atoms with Gasteiger partial charge in [-0.05, 0) is 35.9 Å². The van der Waals surface area contributed by atoms with Gasteiger partial charge in [0.2, 0.25) is 0 Å². The fourth-order valence-corrected chi connectivity index (χ4v) is 4.03. The summed E-state index contributed by atoms with van der Waals surface area (Å²) >= 11 is 0. The Morgan fingerprint density at radius 2 is 2.07 bits per heavy atom. The van der Waals surface area contributed by atoms with Crippen molar-refractivity contribution in [2.24, 2.45) is 0 Å². The minimum atomic E-state index is -0.312. The summed E-state index contributed by atoms with van der Waals surface area (Å²) in [5.74, 6) is 0.384. The summed E-state index contributed by atoms with van der Waals surface area (Å²) in [4.78, 5) is 24.0. The summed E-state index contributed by atoms with van der Waals surface area (Å²) in [6, 6.07) is 10.7. The predicted octanol–water partition coefficient (Wildman–Crippen LogP) is 2.33. The molecule has 1 amide bonds. The van der Waals surface area contributed by atoms with Gasteiger partial charge in [0.15, 0.2) is 0 Å². The highest BCUT2D eigenvalue weighted by molar-refractivity contribution is 5.99. The molecule has 2 aromatic heterocycles. The number of hydrogen-bond donors (Lipinski definition) is 1. The van der Waals surface area contributed by atoms with Crippen LogP contribution in [0.2, 0.25) is 0 Å². The number of ether oxygens (including phenoxy) is 2. The predicted molar refractivity (Wildman–Crippen MR) is 108 cm³/mol. The quantitative estimate of drug-likeness (QED) is 0.701. The molecule has 3 aromatic rings. The third kappa shape index (κ3) is 3.05. The highest BCUT2D eigenvalue weighted by atomic mass is 16.5. The molecule has 0 saturated carbocycles. The van der Waals surface area contributed by atoms with Gasteiger partial charge in [-0.25, -0.2) is 4.98 Å². The Kier molecular flexibility index (Phi) is 4.54. The number of fused-ring (bicyclic) bond motifs is 3. The van der Waals surface area contributed by atoms with Crippen LogP contribution in [0.3, 0.4) is 0 Å². The maximum atomic E-state index is 13.4. The molecule has 4 heterocycles. The molecule has 5 rings (SSSR count). The number of rotatable bonds is 2. The molecule has 2 N–H and O–H groups in total. The zero-order valence-corrected chi connectivity index (χ0v) is 16.2. The molecule has 0 bridgehead atoms. The minimum Gasteiger partial charge on any atom is -0.383 e. The van der Waals surface area contributed by atoms with E-state index in [-0.39, 0.29) is 11.9 Å². The summed E-state index contributed by atoms with van der Waals surface area (Å²) < 4.78 is 11.2. The molecule has 2 aliphatic heterocycles. The van der Waals surface area contributed by atoms with Crippen LogP contribution in [0.4, 0.5) is 5.82 Å². The fourth-order valence-electron chi connectivity index (χ4n) is 4.03. The highest BCUT2D eigenvalue weighted by Gasteiger charge is 2.31. The number of anilines is 1. The number of carbonyl (C=O) groups is 1. The molecule has 30 heavy (non-hydrogen) atoms. The van der Waals surface area contributed by atoms with Crippen LogP contribution in [-0.4, -0.2) is 40.5 Å². The lowest BCUT2D eigenvalue weighted by Crippen LogP contribution is -2.43. The second-order valence-electron chi connectivity index (χ2n) is 7.35. The summed E-state index contributed by atoms with van der Waals surface area (Å²) in [6.45, 7) is 2.20. The number of nitriles is 1. The van der Waals surface area contributed by atoms with E-state index >= 15 is 0 Å². The number of aromatic nitrogens is 2. The average molecular weight is 401 g/mol. The van der Waals surface area contributed by atoms with Gasteiger partial charge >= 0.3 is 0 Å². The first-order valence-corrected chi connectivity index (χ1v) is 9.69. The zero-order valence-electron chi connectivity index (χ0n) is 16.2. The normalized spacial score (nSPS) is 18.2. The number of nitrogens with two attached hydrogens (primary N) is 1. The molecule has 0 spiro atoms. The van der Waals surface area contributed by atoms with Gasteiger partial charge in [0, 0.05) is 29.3 Å². The van der Waals surface area contributed by atoms with E-state index in [0.29, 0.717) is 55.6 Å². The third-order valence-corrected chi connectivity index (χ3v) is 5.62. The summed E-state index contributed by atoms with van der Waals surface area (Å²) in [6.07, 6.45) is 1.52. The van der Waals surface area contributed by atoms with Crippen LogP contribution in [0.1, 0.15) is 38.8 Å². The minimum absolute atomic E-state index is 0.0964. The van der Waals surface area contributed by atoms with Gasteiger partial charge in [-0.1, -0.05) is 0 Å². The van der Waals surface area contributed by atoms with Crippen molar-refractivity contribution in [2.45, 2.75) is 19.3 Å². The van der Waals surface area contributed by atoms with E-state index in [0.717, 1.165) is 22.0 Å². The number of amides is 1. The summed E-state index contributed by atoms with van der Waals surface area (Å²) in [5, 5.41) is 9.89. The summed E-state index contributed by atoms with van der Waals surface area (Å²) in [5.41, 5.74) is 10.5. The lowest BCUT2D eigenvalue weighted by atomic mass is 10.0. The van der Waals surface area contributed by atoms with Gasteiger partial charge in [0.1, 0.15) is 11.9 Å². The topological polar surface area (TPSA) is 114 Å². The van der Waals surface area contributed by atoms with Crippen molar-refractivity contribution in [3.63, 3.8) is 0 Å². The summed E-state index contributed by atoms with van der Waals surface area (Å²) in [7, 11) is 0. The first-order valence-electron chi connectivity index (χ1n) is 9.69. The van der Waals surface area contributed by atoms with E-state index in [1.54, 1.807) is 23.1 Å². The van der Waals surface area contributed by atoms with Crippen molar-refractivity contribution >= 4 is 22.6 Å². The molecule has 150 valence electrons. The lowest BCUT2D eigenvalue weighted by Gasteiger charge is -2.35. The molecule has 1 atom stereocenters. The molecule has 1 saturated heterocycles. The molecular formula is C22H19N5O3. The molecule has 0 unspecified atom stereocenters. The second kappa shape index (κ2) is 7.37. The van der Waals surface area contributed by atoms with Gasteiger partial charge in [-0.3, -0.25) is 9.78 Å². The molecule has 2 aliphatic rings. The maximum absolute atomic E-state index is 13.4. The molecular weight excluding hydrogens is 382 g/mol.